The zero-order valence-electron chi connectivity index (χ0n) is 16.6. The first-order valence-corrected chi connectivity index (χ1v) is 9.70. The fourth-order valence-electron chi connectivity index (χ4n) is 3.46. The van der Waals surface area contributed by atoms with E-state index < -0.39 is 0 Å². The monoisotopic (exact) mass is 370 g/mol. The maximum absolute atomic E-state index is 13.0. The fraction of sp³-hybridized carbons (Fsp3) is 0.571. The molecule has 6 nitrogen and oxygen atoms in total. The Morgan fingerprint density at radius 3 is 2.78 bits per heavy atom. The van der Waals surface area contributed by atoms with E-state index in [9.17, 15) is 9.59 Å². The molecule has 0 bridgehead atoms. The van der Waals surface area contributed by atoms with Crippen molar-refractivity contribution in [1.29, 1.82) is 5.26 Å². The normalized spacial score (nSPS) is 17.2. The van der Waals surface area contributed by atoms with E-state index >= 15 is 0 Å². The largest absolute Gasteiger partial charge is 0.356 e. The lowest BCUT2D eigenvalue weighted by Gasteiger charge is -2.33. The molecule has 1 atom stereocenters. The van der Waals surface area contributed by atoms with Gasteiger partial charge in [-0.05, 0) is 63.4 Å². The lowest BCUT2D eigenvalue weighted by Crippen LogP contribution is -2.47. The number of anilines is 1. The third-order valence-electron chi connectivity index (χ3n) is 5.14. The Bertz CT molecular complexity index is 711. The summed E-state index contributed by atoms with van der Waals surface area (Å²) in [5.41, 5.74) is 3.12. The summed E-state index contributed by atoms with van der Waals surface area (Å²) < 4.78 is 0. The first-order valence-electron chi connectivity index (χ1n) is 9.70. The molecule has 0 radical (unpaired) electrons. The third-order valence-corrected chi connectivity index (χ3v) is 5.14. The maximum atomic E-state index is 13.0. The smallest absolute Gasteiger partial charge is 0.241 e. The van der Waals surface area contributed by atoms with Gasteiger partial charge in [0.25, 0.3) is 0 Å². The van der Waals surface area contributed by atoms with E-state index in [4.69, 9.17) is 5.26 Å². The summed E-state index contributed by atoms with van der Waals surface area (Å²) in [7, 11) is 0. The second kappa shape index (κ2) is 10.1. The average molecular weight is 370 g/mol. The Morgan fingerprint density at radius 1 is 1.33 bits per heavy atom. The van der Waals surface area contributed by atoms with Crippen LogP contribution in [0.15, 0.2) is 18.2 Å². The molecule has 1 unspecified atom stereocenters. The minimum atomic E-state index is -0.0549. The third kappa shape index (κ3) is 5.80. The predicted octanol–water partition coefficient (Wildman–Crippen LogP) is 2.40. The highest BCUT2D eigenvalue weighted by Crippen LogP contribution is 2.21. The van der Waals surface area contributed by atoms with E-state index in [2.05, 4.69) is 16.3 Å². The molecule has 6 heteroatoms. The molecule has 1 N–H and O–H groups in total. The number of hydrogen-bond donors (Lipinski definition) is 1. The maximum Gasteiger partial charge on any atom is 0.241 e. The van der Waals surface area contributed by atoms with Gasteiger partial charge >= 0.3 is 0 Å². The highest BCUT2D eigenvalue weighted by atomic mass is 16.2. The molecule has 0 spiro atoms. The van der Waals surface area contributed by atoms with Crippen molar-refractivity contribution in [2.24, 2.45) is 5.92 Å². The summed E-state index contributed by atoms with van der Waals surface area (Å²) >= 11 is 0. The molecule has 1 fully saturated rings. The number of nitriles is 1. The van der Waals surface area contributed by atoms with Gasteiger partial charge in [-0.15, -0.1) is 0 Å². The van der Waals surface area contributed by atoms with Gasteiger partial charge < -0.3 is 10.2 Å². The van der Waals surface area contributed by atoms with Crippen LogP contribution in [0, 0.1) is 31.1 Å². The average Bonchev–Trinajstić information content (AvgIpc) is 2.65. The molecule has 1 saturated heterocycles. The van der Waals surface area contributed by atoms with Gasteiger partial charge in [0.05, 0.1) is 25.0 Å². The Morgan fingerprint density at radius 2 is 2.11 bits per heavy atom. The van der Waals surface area contributed by atoms with E-state index in [1.165, 1.54) is 5.56 Å². The van der Waals surface area contributed by atoms with E-state index in [-0.39, 0.29) is 24.3 Å². The van der Waals surface area contributed by atoms with Crippen LogP contribution in [-0.2, 0) is 9.59 Å². The molecule has 1 aliphatic rings. The SMILES string of the molecule is CCNC(=O)C1CCCN(CC(=O)N(CCC#N)c2ccc(C)c(C)c2)C1. The van der Waals surface area contributed by atoms with Gasteiger partial charge in [0.2, 0.25) is 11.8 Å². The van der Waals surface area contributed by atoms with E-state index in [0.717, 1.165) is 30.6 Å². The first kappa shape index (κ1) is 20.9. The number of amides is 2. The molecule has 1 aliphatic heterocycles. The van der Waals surface area contributed by atoms with Crippen LogP contribution < -0.4 is 10.2 Å². The zero-order chi connectivity index (χ0) is 19.8. The highest BCUT2D eigenvalue weighted by molar-refractivity contribution is 5.95. The number of piperidine rings is 1. The number of hydrogen-bond acceptors (Lipinski definition) is 4. The highest BCUT2D eigenvalue weighted by Gasteiger charge is 2.28. The molecule has 0 aromatic heterocycles. The number of likely N-dealkylation sites (tertiary alicyclic amines) is 1. The predicted molar refractivity (Wildman–Crippen MR) is 106 cm³/mol. The summed E-state index contributed by atoms with van der Waals surface area (Å²) in [6.07, 6.45) is 2.07. The van der Waals surface area contributed by atoms with Crippen LogP contribution in [0.2, 0.25) is 0 Å². The minimum Gasteiger partial charge on any atom is -0.356 e. The molecule has 2 rings (SSSR count). The van der Waals surface area contributed by atoms with Gasteiger partial charge in [-0.25, -0.2) is 0 Å². The zero-order valence-corrected chi connectivity index (χ0v) is 16.6. The van der Waals surface area contributed by atoms with Crippen molar-refractivity contribution >= 4 is 17.5 Å². The van der Waals surface area contributed by atoms with Crippen LogP contribution in [0.3, 0.4) is 0 Å². The second-order valence-corrected chi connectivity index (χ2v) is 7.19. The number of nitrogens with zero attached hydrogens (tertiary/aromatic N) is 3. The standard InChI is InChI=1S/C21H30N4O2/c1-4-23-21(27)18-7-5-11-24(14-18)15-20(26)25(12-6-10-22)19-9-8-16(2)17(3)13-19/h8-9,13,18H,4-7,11-12,14-15H2,1-3H3,(H,23,27). The topological polar surface area (TPSA) is 76.4 Å². The van der Waals surface area contributed by atoms with E-state index in [1.54, 1.807) is 4.90 Å². The summed E-state index contributed by atoms with van der Waals surface area (Å²) in [6, 6.07) is 8.07. The lowest BCUT2D eigenvalue weighted by atomic mass is 9.97. The Labute approximate surface area is 162 Å². The molecule has 27 heavy (non-hydrogen) atoms. The van der Waals surface area contributed by atoms with Gasteiger partial charge in [0.1, 0.15) is 0 Å². The van der Waals surface area contributed by atoms with Crippen LogP contribution in [0.5, 0.6) is 0 Å². The van der Waals surface area contributed by atoms with Gasteiger partial charge in [0.15, 0.2) is 0 Å². The number of aryl methyl sites for hydroxylation is 2. The van der Waals surface area contributed by atoms with Crippen molar-refractivity contribution in [3.8, 4) is 6.07 Å². The molecule has 1 aromatic rings. The fourth-order valence-corrected chi connectivity index (χ4v) is 3.46. The molecular weight excluding hydrogens is 340 g/mol. The van der Waals surface area contributed by atoms with Crippen molar-refractivity contribution in [2.75, 3.05) is 37.6 Å². The lowest BCUT2D eigenvalue weighted by molar-refractivity contribution is -0.128. The summed E-state index contributed by atoms with van der Waals surface area (Å²) in [6.45, 7) is 8.68. The molecular formula is C21H30N4O2. The molecule has 1 aromatic carbocycles. The van der Waals surface area contributed by atoms with Gasteiger partial charge in [0, 0.05) is 25.3 Å². The first-order chi connectivity index (χ1) is 13.0. The van der Waals surface area contributed by atoms with Crippen molar-refractivity contribution in [2.45, 2.75) is 40.0 Å². The van der Waals surface area contributed by atoms with E-state index in [1.807, 2.05) is 39.0 Å². The molecule has 0 saturated carbocycles. The molecule has 146 valence electrons. The van der Waals surface area contributed by atoms with Crippen molar-refractivity contribution < 1.29 is 9.59 Å². The Hall–Kier alpha value is -2.39. The van der Waals surface area contributed by atoms with Crippen molar-refractivity contribution in [3.05, 3.63) is 29.3 Å². The van der Waals surface area contributed by atoms with E-state index in [0.29, 0.717) is 26.1 Å². The van der Waals surface area contributed by atoms with Crippen LogP contribution in [0.4, 0.5) is 5.69 Å². The number of carbonyl (C=O) groups is 2. The Balaban J connectivity index is 2.07. The van der Waals surface area contributed by atoms with Gasteiger partial charge in [-0.2, -0.15) is 5.26 Å². The molecule has 2 amide bonds. The van der Waals surface area contributed by atoms with Crippen LogP contribution >= 0.6 is 0 Å². The molecule has 0 aliphatic carbocycles. The van der Waals surface area contributed by atoms with Crippen LogP contribution in [-0.4, -0.2) is 49.4 Å². The minimum absolute atomic E-state index is 0.0231. The molecule has 1 heterocycles. The van der Waals surface area contributed by atoms with Crippen molar-refractivity contribution in [1.82, 2.24) is 10.2 Å². The summed E-state index contributed by atoms with van der Waals surface area (Å²) in [4.78, 5) is 28.9. The number of benzene rings is 1. The summed E-state index contributed by atoms with van der Waals surface area (Å²) in [5.74, 6) is -0.00382. The van der Waals surface area contributed by atoms with Crippen LogP contribution in [0.25, 0.3) is 0 Å². The number of rotatable bonds is 7. The number of nitrogens with one attached hydrogen (secondary N) is 1. The number of carbonyl (C=O) groups excluding carboxylic acids is 2. The Kier molecular flexibility index (Phi) is 7.81. The van der Waals surface area contributed by atoms with Gasteiger partial charge in [-0.3, -0.25) is 14.5 Å². The second-order valence-electron chi connectivity index (χ2n) is 7.19. The quantitative estimate of drug-likeness (QED) is 0.800. The summed E-state index contributed by atoms with van der Waals surface area (Å²) in [5, 5.41) is 11.8. The van der Waals surface area contributed by atoms with Crippen LogP contribution in [0.1, 0.15) is 37.3 Å². The van der Waals surface area contributed by atoms with Gasteiger partial charge in [-0.1, -0.05) is 6.07 Å². The van der Waals surface area contributed by atoms with Crippen molar-refractivity contribution in [3.63, 3.8) is 0 Å².